The van der Waals surface area contributed by atoms with Crippen molar-refractivity contribution in [1.29, 1.82) is 0 Å². The average molecular weight is 243 g/mol. The van der Waals surface area contributed by atoms with Crippen LogP contribution in [0.4, 0.5) is 0 Å². The summed E-state index contributed by atoms with van der Waals surface area (Å²) in [5.74, 6) is 0. The van der Waals surface area contributed by atoms with E-state index in [9.17, 15) is 0 Å². The third kappa shape index (κ3) is 1.34. The summed E-state index contributed by atoms with van der Waals surface area (Å²) in [7, 11) is 0. The number of fused-ring (bicyclic) bond motifs is 3. The molecule has 0 saturated carbocycles. The third-order valence-corrected chi connectivity index (χ3v) is 3.52. The van der Waals surface area contributed by atoms with E-state index in [1.807, 2.05) is 4.40 Å². The molecule has 0 amide bonds. The van der Waals surface area contributed by atoms with Gasteiger partial charge in [-0.05, 0) is 55.7 Å². The van der Waals surface area contributed by atoms with Crippen LogP contribution in [0.2, 0.25) is 0 Å². The van der Waals surface area contributed by atoms with Gasteiger partial charge in [0, 0.05) is 5.39 Å². The van der Waals surface area contributed by atoms with Crippen LogP contribution in [0.5, 0.6) is 0 Å². The van der Waals surface area contributed by atoms with Gasteiger partial charge < -0.3 is 0 Å². The minimum atomic E-state index is 0.655. The van der Waals surface area contributed by atoms with Crippen molar-refractivity contribution in [2.45, 2.75) is 20.8 Å². The van der Waals surface area contributed by atoms with Crippen LogP contribution >= 0.6 is 12.2 Å². The normalized spacial score (nSPS) is 11.5. The van der Waals surface area contributed by atoms with E-state index in [2.05, 4.69) is 49.2 Å². The molecule has 3 aromatic rings. The molecule has 0 aliphatic heterocycles. The maximum absolute atomic E-state index is 5.32. The van der Waals surface area contributed by atoms with E-state index in [1.54, 1.807) is 0 Å². The summed E-state index contributed by atoms with van der Waals surface area (Å²) in [4.78, 5) is 0. The number of aromatic nitrogens is 3. The van der Waals surface area contributed by atoms with Crippen molar-refractivity contribution in [1.82, 2.24) is 14.6 Å². The highest BCUT2D eigenvalue weighted by atomic mass is 32.1. The Bertz CT molecular complexity index is 796. The molecule has 0 aliphatic carbocycles. The molecule has 0 unspecified atom stereocenters. The second kappa shape index (κ2) is 3.40. The van der Waals surface area contributed by atoms with Crippen LogP contribution in [0.3, 0.4) is 0 Å². The van der Waals surface area contributed by atoms with Gasteiger partial charge in [-0.25, -0.2) is 0 Å². The number of H-pyrrole nitrogens is 1. The van der Waals surface area contributed by atoms with Crippen molar-refractivity contribution < 1.29 is 0 Å². The van der Waals surface area contributed by atoms with Crippen LogP contribution in [0, 0.1) is 25.5 Å². The Hall–Kier alpha value is -1.68. The SMILES string of the molecule is Cc1ccc(C)c2c1cc(C)c1n[nH]c(=S)n12. The van der Waals surface area contributed by atoms with Crippen LogP contribution in [0.1, 0.15) is 16.7 Å². The van der Waals surface area contributed by atoms with Gasteiger partial charge in [0.25, 0.3) is 0 Å². The van der Waals surface area contributed by atoms with Crippen molar-refractivity contribution in [3.05, 3.63) is 39.7 Å². The van der Waals surface area contributed by atoms with Gasteiger partial charge in [0.1, 0.15) is 0 Å². The number of nitrogens with zero attached hydrogens (tertiary/aromatic N) is 2. The van der Waals surface area contributed by atoms with Crippen LogP contribution in [-0.2, 0) is 0 Å². The molecule has 0 spiro atoms. The lowest BCUT2D eigenvalue weighted by Crippen LogP contribution is -1.95. The number of hydrogen-bond donors (Lipinski definition) is 1. The van der Waals surface area contributed by atoms with Gasteiger partial charge in [-0.2, -0.15) is 5.10 Å². The highest BCUT2D eigenvalue weighted by molar-refractivity contribution is 7.71. The topological polar surface area (TPSA) is 33.1 Å². The van der Waals surface area contributed by atoms with Gasteiger partial charge in [-0.15, -0.1) is 0 Å². The summed E-state index contributed by atoms with van der Waals surface area (Å²) in [6, 6.07) is 6.45. The Morgan fingerprint density at radius 2 is 1.82 bits per heavy atom. The monoisotopic (exact) mass is 243 g/mol. The molecule has 0 saturated heterocycles. The maximum atomic E-state index is 5.32. The molecule has 3 nitrogen and oxygen atoms in total. The van der Waals surface area contributed by atoms with Crippen LogP contribution in [-0.4, -0.2) is 14.6 Å². The molecular formula is C13H13N3S. The Balaban J connectivity index is 2.77. The first-order valence-corrected chi connectivity index (χ1v) is 5.97. The molecule has 86 valence electrons. The molecule has 0 fully saturated rings. The number of nitrogens with one attached hydrogen (secondary N) is 1. The second-order valence-electron chi connectivity index (χ2n) is 4.48. The van der Waals surface area contributed by atoms with E-state index in [0.29, 0.717) is 4.77 Å². The number of hydrogen-bond acceptors (Lipinski definition) is 2. The average Bonchev–Trinajstić information content (AvgIpc) is 2.67. The zero-order chi connectivity index (χ0) is 12.2. The Kier molecular flexibility index (Phi) is 2.10. The predicted molar refractivity (Wildman–Crippen MR) is 72.1 cm³/mol. The number of aromatic amines is 1. The lowest BCUT2D eigenvalue weighted by molar-refractivity contribution is 1.08. The Labute approximate surface area is 104 Å². The van der Waals surface area contributed by atoms with Gasteiger partial charge >= 0.3 is 0 Å². The van der Waals surface area contributed by atoms with Gasteiger partial charge in [0.05, 0.1) is 5.52 Å². The number of aryl methyl sites for hydroxylation is 3. The lowest BCUT2D eigenvalue weighted by Gasteiger charge is -2.09. The highest BCUT2D eigenvalue weighted by Crippen LogP contribution is 2.25. The van der Waals surface area contributed by atoms with Crippen molar-refractivity contribution in [2.75, 3.05) is 0 Å². The summed E-state index contributed by atoms with van der Waals surface area (Å²) in [6.45, 7) is 6.29. The predicted octanol–water partition coefficient (Wildman–Crippen LogP) is 3.47. The zero-order valence-corrected chi connectivity index (χ0v) is 10.9. The molecule has 17 heavy (non-hydrogen) atoms. The maximum Gasteiger partial charge on any atom is 0.200 e. The molecule has 0 radical (unpaired) electrons. The van der Waals surface area contributed by atoms with E-state index in [-0.39, 0.29) is 0 Å². The van der Waals surface area contributed by atoms with E-state index >= 15 is 0 Å². The molecule has 4 heteroatoms. The summed E-state index contributed by atoms with van der Waals surface area (Å²) < 4.78 is 2.69. The standard InChI is InChI=1S/C13H13N3S/c1-7-4-5-8(2)11-10(7)6-9(3)12-14-15-13(17)16(11)12/h4-6H,1-3H3,(H,15,17). The van der Waals surface area contributed by atoms with Crippen LogP contribution < -0.4 is 0 Å². The molecule has 0 atom stereocenters. The molecule has 2 aromatic heterocycles. The van der Waals surface area contributed by atoms with E-state index in [4.69, 9.17) is 12.2 Å². The molecule has 1 aromatic carbocycles. The number of rotatable bonds is 0. The fourth-order valence-corrected chi connectivity index (χ4v) is 2.57. The van der Waals surface area contributed by atoms with Crippen LogP contribution in [0.25, 0.3) is 16.6 Å². The highest BCUT2D eigenvalue weighted by Gasteiger charge is 2.10. The van der Waals surface area contributed by atoms with E-state index in [1.165, 1.54) is 16.5 Å². The fraction of sp³-hybridized carbons (Fsp3) is 0.231. The van der Waals surface area contributed by atoms with E-state index < -0.39 is 0 Å². The first-order chi connectivity index (χ1) is 8.09. The Morgan fingerprint density at radius 3 is 2.59 bits per heavy atom. The van der Waals surface area contributed by atoms with E-state index in [0.717, 1.165) is 16.7 Å². The third-order valence-electron chi connectivity index (χ3n) is 3.25. The summed E-state index contributed by atoms with van der Waals surface area (Å²) in [5, 5.41) is 8.40. The molecule has 1 N–H and O–H groups in total. The van der Waals surface area contributed by atoms with Crippen molar-refractivity contribution in [2.24, 2.45) is 0 Å². The minimum Gasteiger partial charge on any atom is -0.268 e. The first kappa shape index (κ1) is 10.5. The minimum absolute atomic E-state index is 0.655. The lowest BCUT2D eigenvalue weighted by atomic mass is 10.0. The molecule has 3 rings (SSSR count). The molecule has 0 aliphatic rings. The van der Waals surface area contributed by atoms with Crippen molar-refractivity contribution >= 4 is 28.8 Å². The summed E-state index contributed by atoms with van der Waals surface area (Å²) in [5.41, 5.74) is 5.69. The largest absolute Gasteiger partial charge is 0.268 e. The molecule has 0 bridgehead atoms. The number of benzene rings is 1. The molecule has 2 heterocycles. The van der Waals surface area contributed by atoms with Crippen molar-refractivity contribution in [3.63, 3.8) is 0 Å². The molecular weight excluding hydrogens is 230 g/mol. The van der Waals surface area contributed by atoms with Gasteiger partial charge in [-0.3, -0.25) is 9.50 Å². The number of pyridine rings is 1. The zero-order valence-electron chi connectivity index (χ0n) is 10.0. The van der Waals surface area contributed by atoms with Crippen molar-refractivity contribution in [3.8, 4) is 0 Å². The van der Waals surface area contributed by atoms with Crippen LogP contribution in [0.15, 0.2) is 18.2 Å². The van der Waals surface area contributed by atoms with Gasteiger partial charge in [0.15, 0.2) is 10.4 Å². The summed E-state index contributed by atoms with van der Waals surface area (Å²) >= 11 is 5.32. The van der Waals surface area contributed by atoms with Gasteiger partial charge in [0.2, 0.25) is 0 Å². The second-order valence-corrected chi connectivity index (χ2v) is 4.86. The Morgan fingerprint density at radius 1 is 1.12 bits per heavy atom. The first-order valence-electron chi connectivity index (χ1n) is 5.56. The smallest absolute Gasteiger partial charge is 0.200 e. The summed E-state index contributed by atoms with van der Waals surface area (Å²) in [6.07, 6.45) is 0. The van der Waals surface area contributed by atoms with Gasteiger partial charge in [-0.1, -0.05) is 12.1 Å². The quantitative estimate of drug-likeness (QED) is 0.613. The fourth-order valence-electron chi connectivity index (χ4n) is 2.35.